The average Bonchev–Trinajstić information content (AvgIpc) is 3.46. The Morgan fingerprint density at radius 1 is 1.03 bits per heavy atom. The first kappa shape index (κ1) is 23.6. The Kier molecular flexibility index (Phi) is 5.93. The minimum atomic E-state index is -0.223. The van der Waals surface area contributed by atoms with Crippen LogP contribution in [-0.2, 0) is 38.4 Å². The Labute approximate surface area is 215 Å². The van der Waals surface area contributed by atoms with E-state index in [1.165, 1.54) is 7.11 Å². The lowest BCUT2D eigenvalue weighted by Gasteiger charge is -2.37. The van der Waals surface area contributed by atoms with Crippen LogP contribution in [0.3, 0.4) is 0 Å². The highest BCUT2D eigenvalue weighted by Gasteiger charge is 2.47. The lowest BCUT2D eigenvalue weighted by molar-refractivity contribution is -0.145. The third kappa shape index (κ3) is 4.26. The molecule has 6 rings (SSSR count). The third-order valence-electron chi connectivity index (χ3n) is 8.48. The number of carbonyl (C=O) groups is 4. The van der Waals surface area contributed by atoms with E-state index in [2.05, 4.69) is 15.6 Å². The first-order chi connectivity index (χ1) is 17.9. The van der Waals surface area contributed by atoms with Crippen LogP contribution in [0.2, 0.25) is 0 Å². The van der Waals surface area contributed by atoms with Gasteiger partial charge in [0.25, 0.3) is 5.91 Å². The number of nitrogens with zero attached hydrogens (tertiary/aromatic N) is 2. The second-order valence-corrected chi connectivity index (χ2v) is 10.6. The molecule has 1 aromatic heterocycles. The molecule has 1 saturated carbocycles. The molecule has 0 spiro atoms. The number of aromatic nitrogens is 1. The van der Waals surface area contributed by atoms with E-state index in [1.54, 1.807) is 6.07 Å². The van der Waals surface area contributed by atoms with Gasteiger partial charge in [-0.15, -0.1) is 0 Å². The Balaban J connectivity index is 1.14. The van der Waals surface area contributed by atoms with E-state index in [-0.39, 0.29) is 47.4 Å². The van der Waals surface area contributed by atoms with Crippen LogP contribution >= 0.6 is 0 Å². The molecule has 0 radical (unpaired) electrons. The molecule has 2 aliphatic carbocycles. The smallest absolute Gasteiger partial charge is 0.309 e. The van der Waals surface area contributed by atoms with Crippen LogP contribution in [-0.4, -0.2) is 53.8 Å². The quantitative estimate of drug-likeness (QED) is 0.621. The molecule has 2 bridgehead atoms. The number of amides is 3. The summed E-state index contributed by atoms with van der Waals surface area (Å²) in [6.07, 6.45) is 4.04. The van der Waals surface area contributed by atoms with Crippen molar-refractivity contribution in [2.75, 3.05) is 30.8 Å². The maximum Gasteiger partial charge on any atom is 0.309 e. The van der Waals surface area contributed by atoms with Crippen molar-refractivity contribution in [2.45, 2.75) is 38.5 Å². The van der Waals surface area contributed by atoms with E-state index in [0.717, 1.165) is 35.2 Å². The van der Waals surface area contributed by atoms with E-state index in [9.17, 15) is 19.2 Å². The molecular weight excluding hydrogens is 472 g/mol. The minimum absolute atomic E-state index is 0.0101. The zero-order valence-electron chi connectivity index (χ0n) is 20.8. The normalized spacial score (nSPS) is 25.6. The number of anilines is 2. The fourth-order valence-corrected chi connectivity index (χ4v) is 6.66. The van der Waals surface area contributed by atoms with Crippen molar-refractivity contribution < 1.29 is 23.9 Å². The van der Waals surface area contributed by atoms with Gasteiger partial charge in [0.15, 0.2) is 0 Å². The number of methoxy groups -OCH3 is 1. The predicted octanol–water partition coefficient (Wildman–Crippen LogP) is 2.59. The maximum atomic E-state index is 13.5. The van der Waals surface area contributed by atoms with Gasteiger partial charge in [0.05, 0.1) is 13.0 Å². The fourth-order valence-electron chi connectivity index (χ4n) is 6.66. The lowest BCUT2D eigenvalue weighted by atomic mass is 9.84. The second kappa shape index (κ2) is 9.28. The van der Waals surface area contributed by atoms with Gasteiger partial charge in [0.1, 0.15) is 11.5 Å². The number of nitrogens with one attached hydrogen (secondary N) is 2. The summed E-state index contributed by atoms with van der Waals surface area (Å²) < 4.78 is 4.93. The topological polar surface area (TPSA) is 118 Å². The zero-order valence-corrected chi connectivity index (χ0v) is 20.8. The number of aryl methyl sites for hydroxylation is 1. The number of hydrogen-bond acceptors (Lipinski definition) is 6. The molecule has 2 fully saturated rings. The predicted molar refractivity (Wildman–Crippen MR) is 135 cm³/mol. The zero-order chi connectivity index (χ0) is 25.7. The van der Waals surface area contributed by atoms with Gasteiger partial charge in [-0.25, -0.2) is 4.98 Å². The first-order valence-corrected chi connectivity index (χ1v) is 13.0. The van der Waals surface area contributed by atoms with Crippen LogP contribution < -0.4 is 10.6 Å². The molecule has 9 heteroatoms. The number of hydrogen-bond donors (Lipinski definition) is 2. The summed E-state index contributed by atoms with van der Waals surface area (Å²) in [7, 11) is 1.40. The van der Waals surface area contributed by atoms with Crippen molar-refractivity contribution in [2.24, 2.45) is 23.7 Å². The molecule has 3 heterocycles. The summed E-state index contributed by atoms with van der Waals surface area (Å²) in [5.74, 6) is -0.207. The Hall–Kier alpha value is -3.75. The number of pyridine rings is 1. The van der Waals surface area contributed by atoms with Gasteiger partial charge in [-0.05, 0) is 72.8 Å². The summed E-state index contributed by atoms with van der Waals surface area (Å²) in [6, 6.07) is 9.42. The van der Waals surface area contributed by atoms with E-state index in [1.807, 2.05) is 29.2 Å². The number of piperidine rings is 1. The van der Waals surface area contributed by atoms with E-state index < -0.39 is 0 Å². The number of ether oxygens (including phenoxy) is 1. The average molecular weight is 503 g/mol. The minimum Gasteiger partial charge on any atom is -0.469 e. The number of likely N-dealkylation sites (tertiary alicyclic amines) is 1. The van der Waals surface area contributed by atoms with Gasteiger partial charge in [-0.3, -0.25) is 19.2 Å². The number of carbonyl (C=O) groups excluding carboxylic acids is 4. The number of esters is 1. The van der Waals surface area contributed by atoms with Crippen molar-refractivity contribution in [3.8, 4) is 0 Å². The largest absolute Gasteiger partial charge is 0.469 e. The van der Waals surface area contributed by atoms with Crippen LogP contribution in [0.4, 0.5) is 11.5 Å². The number of rotatable bonds is 4. The molecule has 9 nitrogen and oxygen atoms in total. The Morgan fingerprint density at radius 2 is 1.81 bits per heavy atom. The van der Waals surface area contributed by atoms with Crippen molar-refractivity contribution in [3.05, 3.63) is 52.7 Å². The molecule has 2 N–H and O–H groups in total. The molecule has 2 aromatic rings. The number of fused-ring (bicyclic) bond motifs is 4. The van der Waals surface area contributed by atoms with Crippen LogP contribution in [0.25, 0.3) is 0 Å². The highest BCUT2D eigenvalue weighted by molar-refractivity contribution is 5.97. The molecule has 37 heavy (non-hydrogen) atoms. The summed E-state index contributed by atoms with van der Waals surface area (Å²) in [5.41, 5.74) is 4.12. The van der Waals surface area contributed by atoms with Gasteiger partial charge in [-0.2, -0.15) is 0 Å². The molecular formula is C28H30N4O5. The van der Waals surface area contributed by atoms with Crippen molar-refractivity contribution in [3.63, 3.8) is 0 Å². The van der Waals surface area contributed by atoms with Gasteiger partial charge >= 0.3 is 5.97 Å². The monoisotopic (exact) mass is 502 g/mol. The van der Waals surface area contributed by atoms with E-state index in [4.69, 9.17) is 4.74 Å². The molecule has 3 atom stereocenters. The van der Waals surface area contributed by atoms with E-state index in [0.29, 0.717) is 50.3 Å². The van der Waals surface area contributed by atoms with Crippen molar-refractivity contribution in [1.29, 1.82) is 0 Å². The SMILES string of the molecule is COC(=O)C1Cc2cccc(NC(=O)C3[C@@H]4CC[C@@H]3CN(C(=O)c3ccc5c(n3)NC(=O)CC5)C4)c2C1. The second-order valence-electron chi connectivity index (χ2n) is 10.6. The van der Waals surface area contributed by atoms with Crippen LogP contribution in [0.5, 0.6) is 0 Å². The van der Waals surface area contributed by atoms with Crippen molar-refractivity contribution in [1.82, 2.24) is 9.88 Å². The van der Waals surface area contributed by atoms with E-state index >= 15 is 0 Å². The highest BCUT2D eigenvalue weighted by Crippen LogP contribution is 2.43. The van der Waals surface area contributed by atoms with Gasteiger partial charge < -0.3 is 20.3 Å². The molecule has 1 saturated heterocycles. The van der Waals surface area contributed by atoms with Gasteiger partial charge in [0, 0.05) is 31.1 Å². The molecule has 1 aromatic carbocycles. The molecule has 3 amide bonds. The van der Waals surface area contributed by atoms with Crippen molar-refractivity contribution >= 4 is 35.2 Å². The summed E-state index contributed by atoms with van der Waals surface area (Å²) in [5, 5.41) is 5.92. The lowest BCUT2D eigenvalue weighted by Crippen LogP contribution is -2.48. The van der Waals surface area contributed by atoms with Crippen LogP contribution in [0, 0.1) is 23.7 Å². The van der Waals surface area contributed by atoms with Crippen LogP contribution in [0.15, 0.2) is 30.3 Å². The summed E-state index contributed by atoms with van der Waals surface area (Å²) >= 11 is 0. The first-order valence-electron chi connectivity index (χ1n) is 13.0. The molecule has 1 unspecified atom stereocenters. The summed E-state index contributed by atoms with van der Waals surface area (Å²) in [6.45, 7) is 1.02. The standard InChI is InChI=1S/C28H30N4O5/c1-37-28(36)19-11-16-3-2-4-21(20(16)12-19)30-26(34)24-17-5-6-18(24)14-32(13-17)27(35)22-9-7-15-8-10-23(33)31-25(15)29-22/h2-4,7,9,17-19,24H,5-6,8,10-14H2,1H3,(H,30,34)(H,29,31,33)/t17-,18-,19?/m1/s1. The Bertz CT molecular complexity index is 1290. The number of benzene rings is 1. The third-order valence-corrected chi connectivity index (χ3v) is 8.48. The molecule has 192 valence electrons. The van der Waals surface area contributed by atoms with Gasteiger partial charge in [-0.1, -0.05) is 18.2 Å². The molecule has 4 aliphatic rings. The molecule has 2 aliphatic heterocycles. The highest BCUT2D eigenvalue weighted by atomic mass is 16.5. The van der Waals surface area contributed by atoms with Gasteiger partial charge in [0.2, 0.25) is 11.8 Å². The van der Waals surface area contributed by atoms with Crippen LogP contribution in [0.1, 0.15) is 46.4 Å². The maximum absolute atomic E-state index is 13.5. The fraction of sp³-hybridized carbons (Fsp3) is 0.464. The Morgan fingerprint density at radius 3 is 2.57 bits per heavy atom. The summed E-state index contributed by atoms with van der Waals surface area (Å²) in [4.78, 5) is 56.9.